The summed E-state index contributed by atoms with van der Waals surface area (Å²) < 4.78 is 15.4. The van der Waals surface area contributed by atoms with Gasteiger partial charge in [-0.2, -0.15) is 10.4 Å². The van der Waals surface area contributed by atoms with Gasteiger partial charge >= 0.3 is 0 Å². The molecular weight excluding hydrogens is 381 g/mol. The normalized spacial score (nSPS) is 22.2. The summed E-state index contributed by atoms with van der Waals surface area (Å²) in [7, 11) is 0. The number of amides is 1. The minimum atomic E-state index is -0.175. The maximum atomic E-state index is 13.5. The van der Waals surface area contributed by atoms with Crippen LogP contribution < -0.4 is 10.6 Å². The second kappa shape index (κ2) is 8.97. The van der Waals surface area contributed by atoms with E-state index in [2.05, 4.69) is 36.5 Å². The number of nitrogens with zero attached hydrogens (tertiary/aromatic N) is 3. The predicted molar refractivity (Wildman–Crippen MR) is 114 cm³/mol. The van der Waals surface area contributed by atoms with Gasteiger partial charge in [0.1, 0.15) is 12.4 Å². The molecule has 2 heterocycles. The summed E-state index contributed by atoms with van der Waals surface area (Å²) >= 11 is 0. The molecule has 1 saturated heterocycles. The molecule has 1 aromatic carbocycles. The van der Waals surface area contributed by atoms with Crippen LogP contribution in [-0.2, 0) is 10.3 Å². The summed E-state index contributed by atoms with van der Waals surface area (Å²) in [6.07, 6.45) is 7.21. The van der Waals surface area contributed by atoms with E-state index in [0.29, 0.717) is 17.5 Å². The Hall–Kier alpha value is -2.72. The molecule has 2 N–H and O–H groups in total. The number of rotatable bonds is 3. The summed E-state index contributed by atoms with van der Waals surface area (Å²) in [4.78, 5) is 11.5. The summed E-state index contributed by atoms with van der Waals surface area (Å²) in [5.74, 6) is 0.323. The number of carbonyl (C=O) groups is 1. The first-order chi connectivity index (χ1) is 14.2. The second-order valence-corrected chi connectivity index (χ2v) is 9.10. The zero-order valence-electron chi connectivity index (χ0n) is 18.1. The van der Waals surface area contributed by atoms with Gasteiger partial charge in [0, 0.05) is 17.8 Å². The Morgan fingerprint density at radius 3 is 2.67 bits per heavy atom. The molecule has 2 bridgehead atoms. The van der Waals surface area contributed by atoms with Gasteiger partial charge in [0.25, 0.3) is 0 Å². The molecule has 2 aliphatic rings. The third kappa shape index (κ3) is 5.06. The third-order valence-electron chi connectivity index (χ3n) is 5.76. The Morgan fingerprint density at radius 2 is 2.13 bits per heavy atom. The van der Waals surface area contributed by atoms with Gasteiger partial charge in [-0.05, 0) is 70.1 Å². The van der Waals surface area contributed by atoms with Crippen LogP contribution in [0.1, 0.15) is 45.6 Å². The molecule has 30 heavy (non-hydrogen) atoms. The topological polar surface area (TPSA) is 82.7 Å². The number of hydrogen-bond acceptors (Lipinski definition) is 4. The number of halogens is 1. The molecule has 0 spiro atoms. The van der Waals surface area contributed by atoms with Crippen LogP contribution in [0.25, 0.3) is 11.1 Å². The quantitative estimate of drug-likeness (QED) is 0.757. The zero-order chi connectivity index (χ0) is 21.9. The Kier molecular flexibility index (Phi) is 6.57. The average Bonchev–Trinajstić information content (AvgIpc) is 3.44. The Bertz CT molecular complexity index is 940. The Labute approximate surface area is 177 Å². The van der Waals surface area contributed by atoms with Crippen molar-refractivity contribution in [2.24, 2.45) is 5.92 Å². The number of benzene rings is 1. The maximum absolute atomic E-state index is 13.5. The van der Waals surface area contributed by atoms with Gasteiger partial charge in [0.15, 0.2) is 0 Å². The number of nitrogens with one attached hydrogen (secondary N) is 2. The van der Waals surface area contributed by atoms with E-state index in [-0.39, 0.29) is 29.8 Å². The van der Waals surface area contributed by atoms with Crippen LogP contribution in [0.2, 0.25) is 0 Å². The van der Waals surface area contributed by atoms with Crippen LogP contribution in [-0.4, -0.2) is 34.3 Å². The van der Waals surface area contributed by atoms with Crippen molar-refractivity contribution in [1.29, 1.82) is 5.26 Å². The van der Waals surface area contributed by atoms with Crippen LogP contribution in [0.4, 0.5) is 4.39 Å². The molecule has 4 rings (SSSR count). The van der Waals surface area contributed by atoms with E-state index in [0.717, 1.165) is 24.0 Å². The maximum Gasteiger partial charge on any atom is 0.238 e. The minimum Gasteiger partial charge on any atom is -0.342 e. The van der Waals surface area contributed by atoms with Crippen LogP contribution in [0.5, 0.6) is 0 Å². The highest BCUT2D eigenvalue weighted by molar-refractivity contribution is 5.82. The van der Waals surface area contributed by atoms with Crippen molar-refractivity contribution in [3.8, 4) is 17.2 Å². The standard InChI is InChI=1S/C14H17FN2.C9H13N3O/c1-10-5-6-11(7-13(10)15)12-8-16-17(9-12)14(2,3)4;10-3-4-11-9(13)8-6-1-2-7(5-6)12-8/h5-9H,1-4H3;6-8,12H,1-2,4-5H2,(H,11,13)/t;6?,7-,8+/m.1/s1. The molecule has 160 valence electrons. The second-order valence-electron chi connectivity index (χ2n) is 9.10. The van der Waals surface area contributed by atoms with Crippen LogP contribution in [0, 0.1) is 30.0 Å². The monoisotopic (exact) mass is 411 g/mol. The van der Waals surface area contributed by atoms with E-state index in [1.807, 2.05) is 23.0 Å². The molecule has 3 atom stereocenters. The van der Waals surface area contributed by atoms with E-state index in [1.54, 1.807) is 25.3 Å². The number of aromatic nitrogens is 2. The summed E-state index contributed by atoms with van der Waals surface area (Å²) in [5, 5.41) is 18.5. The molecule has 7 heteroatoms. The first-order valence-corrected chi connectivity index (χ1v) is 10.4. The van der Waals surface area contributed by atoms with Gasteiger partial charge in [-0.3, -0.25) is 9.48 Å². The highest BCUT2D eigenvalue weighted by Gasteiger charge is 2.42. The van der Waals surface area contributed by atoms with Gasteiger partial charge in [-0.15, -0.1) is 0 Å². The first-order valence-electron chi connectivity index (χ1n) is 10.4. The smallest absolute Gasteiger partial charge is 0.238 e. The van der Waals surface area contributed by atoms with Crippen molar-refractivity contribution in [3.63, 3.8) is 0 Å². The largest absolute Gasteiger partial charge is 0.342 e. The number of fused-ring (bicyclic) bond motifs is 2. The Morgan fingerprint density at radius 1 is 1.37 bits per heavy atom. The van der Waals surface area contributed by atoms with E-state index in [1.165, 1.54) is 6.42 Å². The molecule has 1 aliphatic heterocycles. The lowest BCUT2D eigenvalue weighted by Crippen LogP contribution is -2.47. The number of carbonyl (C=O) groups excluding carboxylic acids is 1. The molecule has 1 saturated carbocycles. The van der Waals surface area contributed by atoms with Crippen LogP contribution >= 0.6 is 0 Å². The average molecular weight is 412 g/mol. The van der Waals surface area contributed by atoms with Crippen LogP contribution in [0.15, 0.2) is 30.6 Å². The van der Waals surface area contributed by atoms with Crippen molar-refractivity contribution < 1.29 is 9.18 Å². The molecule has 2 aromatic rings. The SMILES string of the molecule is Cc1ccc(-c2cnn(C(C)(C)C)c2)cc1F.N#CCNC(=O)[C@H]1N[C@@H]2CCC1C2. The van der Waals surface area contributed by atoms with Gasteiger partial charge < -0.3 is 10.6 Å². The van der Waals surface area contributed by atoms with Crippen molar-refractivity contribution in [3.05, 3.63) is 42.0 Å². The van der Waals surface area contributed by atoms with Gasteiger partial charge in [0.05, 0.1) is 23.8 Å². The van der Waals surface area contributed by atoms with E-state index in [9.17, 15) is 9.18 Å². The highest BCUT2D eigenvalue weighted by atomic mass is 19.1. The summed E-state index contributed by atoms with van der Waals surface area (Å²) in [6.45, 7) is 8.13. The van der Waals surface area contributed by atoms with Gasteiger partial charge in [-0.25, -0.2) is 4.39 Å². The zero-order valence-corrected chi connectivity index (χ0v) is 18.1. The van der Waals surface area contributed by atoms with Gasteiger partial charge in [-0.1, -0.05) is 12.1 Å². The molecule has 6 nitrogen and oxygen atoms in total. The number of hydrogen-bond donors (Lipinski definition) is 2. The first kappa shape index (κ1) is 22.0. The van der Waals surface area contributed by atoms with Crippen molar-refractivity contribution in [2.75, 3.05) is 6.54 Å². The Balaban J connectivity index is 0.000000177. The molecule has 0 radical (unpaired) electrons. The molecule has 2 fully saturated rings. The van der Waals surface area contributed by atoms with Gasteiger partial charge in [0.2, 0.25) is 5.91 Å². The number of nitriles is 1. The third-order valence-corrected chi connectivity index (χ3v) is 5.76. The fraction of sp³-hybridized carbons (Fsp3) is 0.522. The van der Waals surface area contributed by atoms with Crippen molar-refractivity contribution >= 4 is 5.91 Å². The summed E-state index contributed by atoms with van der Waals surface area (Å²) in [5.41, 5.74) is 2.42. The molecule has 1 aliphatic carbocycles. The number of piperidine rings is 1. The van der Waals surface area contributed by atoms with E-state index >= 15 is 0 Å². The van der Waals surface area contributed by atoms with E-state index < -0.39 is 0 Å². The molecule has 1 amide bonds. The lowest BCUT2D eigenvalue weighted by Gasteiger charge is -2.21. The highest BCUT2D eigenvalue weighted by Crippen LogP contribution is 2.35. The van der Waals surface area contributed by atoms with E-state index in [4.69, 9.17) is 5.26 Å². The summed E-state index contributed by atoms with van der Waals surface area (Å²) in [6, 6.07) is 7.68. The molecular formula is C23H30FN5O. The van der Waals surface area contributed by atoms with Crippen LogP contribution in [0.3, 0.4) is 0 Å². The molecule has 1 aromatic heterocycles. The lowest BCUT2D eigenvalue weighted by molar-refractivity contribution is -0.123. The lowest BCUT2D eigenvalue weighted by atomic mass is 9.99. The van der Waals surface area contributed by atoms with Crippen molar-refractivity contribution in [2.45, 2.75) is 64.6 Å². The molecule has 1 unspecified atom stereocenters. The van der Waals surface area contributed by atoms with Crippen molar-refractivity contribution in [1.82, 2.24) is 20.4 Å². The predicted octanol–water partition coefficient (Wildman–Crippen LogP) is 3.52. The minimum absolute atomic E-state index is 0.00579. The fourth-order valence-corrected chi connectivity index (χ4v) is 4.00. The number of aryl methyl sites for hydroxylation is 1. The fourth-order valence-electron chi connectivity index (χ4n) is 4.00.